The van der Waals surface area contributed by atoms with Gasteiger partial charge in [-0.05, 0) is 29.9 Å². The van der Waals surface area contributed by atoms with E-state index in [1.165, 1.54) is 17.1 Å². The van der Waals surface area contributed by atoms with Crippen LogP contribution >= 0.6 is 11.8 Å². The third-order valence-electron chi connectivity index (χ3n) is 3.27. The van der Waals surface area contributed by atoms with Gasteiger partial charge in [-0.1, -0.05) is 30.3 Å². The van der Waals surface area contributed by atoms with Crippen LogP contribution in [-0.4, -0.2) is 27.4 Å². The van der Waals surface area contributed by atoms with Gasteiger partial charge in [0.15, 0.2) is 5.75 Å². The Morgan fingerprint density at radius 2 is 2.00 bits per heavy atom. The Labute approximate surface area is 118 Å². The van der Waals surface area contributed by atoms with Gasteiger partial charge < -0.3 is 4.74 Å². The topological polar surface area (TPSA) is 27.1 Å². The molecule has 0 spiro atoms. The molecular formula is C15H18N2OS. The molecule has 3 nitrogen and oxygen atoms in total. The fourth-order valence-corrected chi connectivity index (χ4v) is 3.31. The lowest BCUT2D eigenvalue weighted by molar-refractivity contribution is 0.192. The first-order chi connectivity index (χ1) is 9.40. The van der Waals surface area contributed by atoms with E-state index in [4.69, 9.17) is 4.74 Å². The van der Waals surface area contributed by atoms with Crippen LogP contribution in [0.4, 0.5) is 0 Å². The largest absolute Gasteiger partial charge is 0.487 e. The number of benzene rings is 1. The summed E-state index contributed by atoms with van der Waals surface area (Å²) in [6.45, 7) is 0.796. The number of hydrogen-bond donors (Lipinski definition) is 0. The molecule has 1 saturated heterocycles. The summed E-state index contributed by atoms with van der Waals surface area (Å²) in [5, 5.41) is 4.36. The first-order valence-electron chi connectivity index (χ1n) is 6.71. The second-order valence-electron chi connectivity index (χ2n) is 4.79. The van der Waals surface area contributed by atoms with E-state index >= 15 is 0 Å². The van der Waals surface area contributed by atoms with Crippen molar-refractivity contribution in [3.05, 3.63) is 48.3 Å². The lowest BCUT2D eigenvalue weighted by atomic mass is 10.2. The van der Waals surface area contributed by atoms with Crippen LogP contribution in [0.3, 0.4) is 0 Å². The van der Waals surface area contributed by atoms with Gasteiger partial charge in [-0.3, -0.25) is 4.68 Å². The molecule has 1 fully saturated rings. The minimum absolute atomic E-state index is 0.371. The van der Waals surface area contributed by atoms with Crippen LogP contribution in [-0.2, 0) is 6.54 Å². The van der Waals surface area contributed by atoms with Gasteiger partial charge in [0, 0.05) is 0 Å². The highest BCUT2D eigenvalue weighted by molar-refractivity contribution is 7.99. The highest BCUT2D eigenvalue weighted by Crippen LogP contribution is 2.22. The normalized spacial score (nSPS) is 16.4. The monoisotopic (exact) mass is 274 g/mol. The number of hydrogen-bond acceptors (Lipinski definition) is 3. The molecule has 0 bridgehead atoms. The molecule has 0 amide bonds. The lowest BCUT2D eigenvalue weighted by Gasteiger charge is -2.21. The molecule has 4 heteroatoms. The summed E-state index contributed by atoms with van der Waals surface area (Å²) in [6.07, 6.45) is 6.48. The third-order valence-corrected chi connectivity index (χ3v) is 4.32. The van der Waals surface area contributed by atoms with E-state index in [0.717, 1.165) is 25.1 Å². The summed E-state index contributed by atoms with van der Waals surface area (Å²) in [6, 6.07) is 10.4. The van der Waals surface area contributed by atoms with Crippen molar-refractivity contribution in [3.63, 3.8) is 0 Å². The molecule has 3 rings (SSSR count). The maximum Gasteiger partial charge on any atom is 0.157 e. The molecule has 0 saturated carbocycles. The molecule has 0 radical (unpaired) electrons. The van der Waals surface area contributed by atoms with E-state index in [9.17, 15) is 0 Å². The molecule has 2 aromatic rings. The zero-order valence-corrected chi connectivity index (χ0v) is 11.7. The lowest BCUT2D eigenvalue weighted by Crippen LogP contribution is -2.21. The van der Waals surface area contributed by atoms with E-state index in [1.807, 2.05) is 34.9 Å². The van der Waals surface area contributed by atoms with Crippen LogP contribution in [0.2, 0.25) is 0 Å². The van der Waals surface area contributed by atoms with Crippen LogP contribution in [0.5, 0.6) is 5.75 Å². The van der Waals surface area contributed by atoms with Crippen LogP contribution < -0.4 is 4.74 Å². The number of rotatable bonds is 4. The SMILES string of the molecule is c1ccc(Cn2cc(OC3CCSCC3)cn2)cc1. The summed E-state index contributed by atoms with van der Waals surface area (Å²) >= 11 is 2.02. The zero-order chi connectivity index (χ0) is 12.9. The van der Waals surface area contributed by atoms with Crippen LogP contribution in [0.25, 0.3) is 0 Å². The van der Waals surface area contributed by atoms with Crippen molar-refractivity contribution in [2.75, 3.05) is 11.5 Å². The average Bonchev–Trinajstić information content (AvgIpc) is 2.88. The van der Waals surface area contributed by atoms with E-state index in [2.05, 4.69) is 29.4 Å². The maximum atomic E-state index is 5.98. The Hall–Kier alpha value is -1.42. The fraction of sp³-hybridized carbons (Fsp3) is 0.400. The molecule has 0 N–H and O–H groups in total. The van der Waals surface area contributed by atoms with Crippen LogP contribution in [0, 0.1) is 0 Å². The second kappa shape index (κ2) is 6.15. The number of ether oxygens (including phenoxy) is 1. The summed E-state index contributed by atoms with van der Waals surface area (Å²) in [5.41, 5.74) is 1.26. The molecule has 2 heterocycles. The van der Waals surface area contributed by atoms with Crippen molar-refractivity contribution in [3.8, 4) is 5.75 Å². The summed E-state index contributed by atoms with van der Waals surface area (Å²) in [5.74, 6) is 3.32. The van der Waals surface area contributed by atoms with Gasteiger partial charge >= 0.3 is 0 Å². The van der Waals surface area contributed by atoms with Gasteiger partial charge in [-0.15, -0.1) is 0 Å². The fourth-order valence-electron chi connectivity index (χ4n) is 2.25. The standard InChI is InChI=1S/C15H18N2OS/c1-2-4-13(5-3-1)11-17-12-15(10-16-17)18-14-6-8-19-9-7-14/h1-5,10,12,14H,6-9,11H2. The van der Waals surface area contributed by atoms with Crippen LogP contribution in [0.15, 0.2) is 42.7 Å². The Morgan fingerprint density at radius 3 is 2.79 bits per heavy atom. The first-order valence-corrected chi connectivity index (χ1v) is 7.86. The summed E-state index contributed by atoms with van der Waals surface area (Å²) in [4.78, 5) is 0. The maximum absolute atomic E-state index is 5.98. The van der Waals surface area contributed by atoms with Crippen molar-refractivity contribution in [1.29, 1.82) is 0 Å². The summed E-state index contributed by atoms with van der Waals surface area (Å²) in [7, 11) is 0. The van der Waals surface area contributed by atoms with Crippen molar-refractivity contribution < 1.29 is 4.74 Å². The molecule has 1 aromatic heterocycles. The zero-order valence-electron chi connectivity index (χ0n) is 10.9. The number of thioether (sulfide) groups is 1. The highest BCUT2D eigenvalue weighted by atomic mass is 32.2. The van der Waals surface area contributed by atoms with Gasteiger partial charge in [0.2, 0.25) is 0 Å². The molecule has 1 aliphatic heterocycles. The van der Waals surface area contributed by atoms with Gasteiger partial charge in [-0.2, -0.15) is 16.9 Å². The van der Waals surface area contributed by atoms with Gasteiger partial charge in [0.1, 0.15) is 6.10 Å². The molecule has 1 aliphatic rings. The molecular weight excluding hydrogens is 256 g/mol. The predicted molar refractivity (Wildman–Crippen MR) is 78.7 cm³/mol. The van der Waals surface area contributed by atoms with E-state index in [0.29, 0.717) is 6.10 Å². The second-order valence-corrected chi connectivity index (χ2v) is 6.01. The predicted octanol–water partition coefficient (Wildman–Crippen LogP) is 3.21. The third kappa shape index (κ3) is 3.53. The minimum atomic E-state index is 0.371. The Morgan fingerprint density at radius 1 is 1.21 bits per heavy atom. The number of nitrogens with zero attached hydrogens (tertiary/aromatic N) is 2. The molecule has 19 heavy (non-hydrogen) atoms. The first kappa shape index (κ1) is 12.6. The van der Waals surface area contributed by atoms with E-state index in [-0.39, 0.29) is 0 Å². The van der Waals surface area contributed by atoms with Gasteiger partial charge in [-0.25, -0.2) is 0 Å². The molecule has 0 aliphatic carbocycles. The van der Waals surface area contributed by atoms with Crippen LogP contribution in [0.1, 0.15) is 18.4 Å². The van der Waals surface area contributed by atoms with E-state index < -0.39 is 0 Å². The Kier molecular flexibility index (Phi) is 4.08. The molecule has 0 atom stereocenters. The van der Waals surface area contributed by atoms with Gasteiger partial charge in [0.05, 0.1) is 18.9 Å². The van der Waals surface area contributed by atoms with E-state index in [1.54, 1.807) is 0 Å². The van der Waals surface area contributed by atoms with Gasteiger partial charge in [0.25, 0.3) is 0 Å². The Balaban J connectivity index is 1.59. The highest BCUT2D eigenvalue weighted by Gasteiger charge is 2.15. The minimum Gasteiger partial charge on any atom is -0.487 e. The van der Waals surface area contributed by atoms with Crippen molar-refractivity contribution in [2.24, 2.45) is 0 Å². The smallest absolute Gasteiger partial charge is 0.157 e. The molecule has 0 unspecified atom stereocenters. The Bertz CT molecular complexity index is 506. The quantitative estimate of drug-likeness (QED) is 0.856. The number of aromatic nitrogens is 2. The van der Waals surface area contributed by atoms with Crippen molar-refractivity contribution in [2.45, 2.75) is 25.5 Å². The molecule has 1 aromatic carbocycles. The summed E-state index contributed by atoms with van der Waals surface area (Å²) < 4.78 is 7.91. The average molecular weight is 274 g/mol. The van der Waals surface area contributed by atoms with Crippen molar-refractivity contribution >= 4 is 11.8 Å². The molecule has 100 valence electrons. The van der Waals surface area contributed by atoms with Crippen molar-refractivity contribution in [1.82, 2.24) is 9.78 Å².